The first-order valence-electron chi connectivity index (χ1n) is 19.4. The molecule has 0 spiro atoms. The molecule has 1 saturated heterocycles. The first kappa shape index (κ1) is 51.0. The van der Waals surface area contributed by atoms with Gasteiger partial charge in [0.05, 0.1) is 31.5 Å². The predicted molar refractivity (Wildman–Crippen MR) is 207 cm³/mol. The summed E-state index contributed by atoms with van der Waals surface area (Å²) in [4.78, 5) is 12.5. The summed E-state index contributed by atoms with van der Waals surface area (Å²) in [5, 5.41) is 92.1. The Bertz CT molecular complexity index is 1260. The molecule has 1 aliphatic heterocycles. The number of aliphatic hydroxyl groups excluding tert-OH is 9. The molecule has 0 radical (unpaired) electrons. The Kier molecular flexibility index (Phi) is 22.9. The summed E-state index contributed by atoms with van der Waals surface area (Å²) in [5.74, 6) is -1.40. The van der Waals surface area contributed by atoms with E-state index in [9.17, 15) is 45.6 Å². The van der Waals surface area contributed by atoms with Crippen molar-refractivity contribution >= 4 is 5.97 Å². The number of methoxy groups -OCH3 is 1. The molecule has 0 aromatic heterocycles. The molecule has 1 fully saturated rings. The van der Waals surface area contributed by atoms with Gasteiger partial charge < -0.3 is 64.9 Å². The third kappa shape index (κ3) is 15.7. The van der Waals surface area contributed by atoms with Gasteiger partial charge in [0.15, 0.2) is 6.29 Å². The summed E-state index contributed by atoms with van der Waals surface area (Å²) < 4.78 is 22.6. The highest BCUT2D eigenvalue weighted by molar-refractivity contribution is 5.87. The minimum atomic E-state index is -1.70. The fourth-order valence-electron chi connectivity index (χ4n) is 6.99. The van der Waals surface area contributed by atoms with Crippen LogP contribution in [0, 0.1) is 29.6 Å². The fraction of sp³-hybridized carbons (Fsp3) is 0.780. The number of ether oxygens (including phenoxy) is 4. The molecular weight excluding hydrogens is 716 g/mol. The number of carbonyl (C=O) groups is 1. The van der Waals surface area contributed by atoms with Crippen LogP contribution in [0.5, 0.6) is 0 Å². The highest BCUT2D eigenvalue weighted by Gasteiger charge is 2.46. The van der Waals surface area contributed by atoms with Crippen molar-refractivity contribution < 1.29 is 69.7 Å². The van der Waals surface area contributed by atoms with E-state index in [1.165, 1.54) is 20.1 Å². The van der Waals surface area contributed by atoms with Crippen molar-refractivity contribution in [1.29, 1.82) is 0 Å². The lowest BCUT2D eigenvalue weighted by molar-refractivity contribution is -0.313. The van der Waals surface area contributed by atoms with Crippen LogP contribution in [0.15, 0.2) is 46.6 Å². The zero-order valence-electron chi connectivity index (χ0n) is 34.6. The van der Waals surface area contributed by atoms with Crippen LogP contribution in [0.2, 0.25) is 0 Å². The van der Waals surface area contributed by atoms with Crippen LogP contribution in [-0.4, -0.2) is 146 Å². The van der Waals surface area contributed by atoms with Crippen molar-refractivity contribution in [3.05, 3.63) is 46.6 Å². The molecule has 1 heterocycles. The maximum absolute atomic E-state index is 12.5. The number of hydrogen-bond donors (Lipinski definition) is 9. The summed E-state index contributed by atoms with van der Waals surface area (Å²) in [6.07, 6.45) is -4.18. The highest BCUT2D eigenvalue weighted by Crippen LogP contribution is 2.31. The average molecular weight is 789 g/mol. The second-order valence-electron chi connectivity index (χ2n) is 15.6. The standard InChI is InChI=1S/C41H72O14/c1-12-21(2)13-22(3)14-27(8)38(55-41-37(50)36(49)39(52-11)32(19-43)54-41)28(9)16-25(6)33(46)23(4)15-24(5)34(47)26(7)17-29(10)40(51)53-20-31(45)35(48)30(44)18-42/h14-17,21-23,26,28,30-39,41-50H,12-13,18-20H2,1-11H3/b24-15+,25-16+,27-14+,29-17+/t21-,22-,23-,26-,28-,30+,31+,32+,33-,34+,35+,36+,37-,38+,39+,41+/m0/s1. The van der Waals surface area contributed by atoms with E-state index in [4.69, 9.17) is 24.1 Å². The lowest BCUT2D eigenvalue weighted by Crippen LogP contribution is -2.60. The van der Waals surface area contributed by atoms with E-state index in [1.807, 2.05) is 26.8 Å². The van der Waals surface area contributed by atoms with Crippen LogP contribution in [0.4, 0.5) is 0 Å². The minimum Gasteiger partial charge on any atom is -0.459 e. The van der Waals surface area contributed by atoms with E-state index >= 15 is 0 Å². The van der Waals surface area contributed by atoms with Gasteiger partial charge in [0.1, 0.15) is 49.3 Å². The Hall–Kier alpha value is -2.05. The van der Waals surface area contributed by atoms with Crippen LogP contribution in [0.1, 0.15) is 82.1 Å². The molecule has 16 atom stereocenters. The molecule has 9 N–H and O–H groups in total. The Labute approximate surface area is 327 Å². The molecule has 1 rings (SSSR count). The maximum atomic E-state index is 12.5. The summed E-state index contributed by atoms with van der Waals surface area (Å²) in [6.45, 7) is 17.0. The van der Waals surface area contributed by atoms with Crippen molar-refractivity contribution in [2.75, 3.05) is 26.9 Å². The van der Waals surface area contributed by atoms with Crippen LogP contribution in [-0.2, 0) is 23.7 Å². The highest BCUT2D eigenvalue weighted by atomic mass is 16.7. The SMILES string of the molecule is CC[C@H](C)C[C@H](C)/C=C(\C)[C@@H](O[C@H]1O[C@H](CO)[C@@H](OC)[C@H](O)[C@@H]1O)[C@@H](C)/C=C(\C)[C@@H](O)[C@@H](C)/C=C(\C)[C@@H](O)[C@@H](C)/C=C(\C)C(=O)OC[C@@H](O)[C@H](O)[C@H](O)CO. The largest absolute Gasteiger partial charge is 0.459 e. The lowest BCUT2D eigenvalue weighted by Gasteiger charge is -2.43. The Morgan fingerprint density at radius 1 is 0.764 bits per heavy atom. The van der Waals surface area contributed by atoms with Crippen molar-refractivity contribution in [3.8, 4) is 0 Å². The van der Waals surface area contributed by atoms with Crippen molar-refractivity contribution in [2.24, 2.45) is 29.6 Å². The van der Waals surface area contributed by atoms with Gasteiger partial charge in [-0.25, -0.2) is 4.79 Å². The van der Waals surface area contributed by atoms with Gasteiger partial charge in [-0.05, 0) is 62.7 Å². The molecule has 14 heteroatoms. The normalized spacial score (nSPS) is 28.0. The first-order valence-corrected chi connectivity index (χ1v) is 19.4. The number of hydrogen-bond acceptors (Lipinski definition) is 14. The van der Waals surface area contributed by atoms with Crippen LogP contribution >= 0.6 is 0 Å². The average Bonchev–Trinajstić information content (AvgIpc) is 3.14. The van der Waals surface area contributed by atoms with Crippen LogP contribution < -0.4 is 0 Å². The van der Waals surface area contributed by atoms with E-state index in [2.05, 4.69) is 26.8 Å². The molecule has 0 amide bonds. The zero-order chi connectivity index (χ0) is 42.3. The number of aliphatic hydroxyl groups is 9. The van der Waals surface area contributed by atoms with Gasteiger partial charge in [-0.2, -0.15) is 0 Å². The van der Waals surface area contributed by atoms with E-state index < -0.39 is 105 Å². The van der Waals surface area contributed by atoms with E-state index in [1.54, 1.807) is 26.8 Å². The monoisotopic (exact) mass is 788 g/mol. The molecule has 0 aromatic rings. The third-order valence-electron chi connectivity index (χ3n) is 10.5. The van der Waals surface area contributed by atoms with E-state index in [-0.39, 0.29) is 17.4 Å². The molecular formula is C41H72O14. The number of esters is 1. The van der Waals surface area contributed by atoms with Crippen molar-refractivity contribution in [2.45, 2.75) is 149 Å². The van der Waals surface area contributed by atoms with Gasteiger partial charge >= 0.3 is 5.97 Å². The lowest BCUT2D eigenvalue weighted by atomic mass is 9.87. The number of carbonyl (C=O) groups excluding carboxylic acids is 1. The molecule has 320 valence electrons. The van der Waals surface area contributed by atoms with Gasteiger partial charge in [-0.15, -0.1) is 0 Å². The second-order valence-corrected chi connectivity index (χ2v) is 15.6. The van der Waals surface area contributed by atoms with Crippen molar-refractivity contribution in [3.63, 3.8) is 0 Å². The van der Waals surface area contributed by atoms with Gasteiger partial charge in [0.2, 0.25) is 0 Å². The first-order chi connectivity index (χ1) is 25.6. The van der Waals surface area contributed by atoms with E-state index in [0.29, 0.717) is 17.1 Å². The molecule has 0 bridgehead atoms. The Morgan fingerprint density at radius 2 is 1.31 bits per heavy atom. The van der Waals surface area contributed by atoms with E-state index in [0.717, 1.165) is 18.4 Å². The molecule has 14 nitrogen and oxygen atoms in total. The zero-order valence-corrected chi connectivity index (χ0v) is 34.6. The fourth-order valence-corrected chi connectivity index (χ4v) is 6.99. The minimum absolute atomic E-state index is 0.144. The molecule has 0 aliphatic carbocycles. The van der Waals surface area contributed by atoms with Gasteiger partial charge in [-0.1, -0.05) is 72.3 Å². The third-order valence-corrected chi connectivity index (χ3v) is 10.5. The maximum Gasteiger partial charge on any atom is 0.333 e. The summed E-state index contributed by atoms with van der Waals surface area (Å²) in [7, 11) is 1.36. The predicted octanol–water partition coefficient (Wildman–Crippen LogP) is 1.93. The molecule has 0 aromatic carbocycles. The topological polar surface area (TPSA) is 236 Å². The molecule has 55 heavy (non-hydrogen) atoms. The quantitative estimate of drug-likeness (QED) is 0.0409. The number of rotatable bonds is 23. The summed E-state index contributed by atoms with van der Waals surface area (Å²) in [6, 6.07) is 0. The second kappa shape index (κ2) is 24.7. The summed E-state index contributed by atoms with van der Waals surface area (Å²) >= 11 is 0. The molecule has 0 unspecified atom stereocenters. The Balaban J connectivity index is 3.20. The summed E-state index contributed by atoms with van der Waals surface area (Å²) in [5.41, 5.74) is 2.21. The smallest absolute Gasteiger partial charge is 0.333 e. The van der Waals surface area contributed by atoms with Gasteiger partial charge in [-0.3, -0.25) is 0 Å². The van der Waals surface area contributed by atoms with Gasteiger partial charge in [0, 0.05) is 30.4 Å². The Morgan fingerprint density at radius 3 is 1.82 bits per heavy atom. The van der Waals surface area contributed by atoms with Crippen LogP contribution in [0.25, 0.3) is 0 Å². The molecule has 1 aliphatic rings. The number of allylic oxidation sites excluding steroid dienone is 1. The van der Waals surface area contributed by atoms with Crippen LogP contribution in [0.3, 0.4) is 0 Å². The molecule has 0 saturated carbocycles. The van der Waals surface area contributed by atoms with Gasteiger partial charge in [0.25, 0.3) is 0 Å². The van der Waals surface area contributed by atoms with Crippen molar-refractivity contribution in [1.82, 2.24) is 0 Å².